The highest BCUT2D eigenvalue weighted by molar-refractivity contribution is 5.85. The molecule has 0 saturated heterocycles. The van der Waals surface area contributed by atoms with Crippen LogP contribution < -0.4 is 10.5 Å². The molecule has 0 bridgehead atoms. The van der Waals surface area contributed by atoms with E-state index in [9.17, 15) is 13.2 Å². The second-order valence-electron chi connectivity index (χ2n) is 3.59. The summed E-state index contributed by atoms with van der Waals surface area (Å²) >= 11 is 0. The molecule has 0 aliphatic carbocycles. The van der Waals surface area contributed by atoms with E-state index in [0.29, 0.717) is 18.4 Å². The molecule has 3 N–H and O–H groups in total. The third-order valence-corrected chi connectivity index (χ3v) is 2.22. The average molecular weight is 286 g/mol. The molecular formula is C11H15ClF3NO2. The Bertz CT molecular complexity index is 343. The van der Waals surface area contributed by atoms with Gasteiger partial charge in [-0.25, -0.2) is 0 Å². The second-order valence-corrected chi connectivity index (χ2v) is 3.59. The lowest BCUT2D eigenvalue weighted by Gasteiger charge is -2.13. The molecule has 0 unspecified atom stereocenters. The predicted octanol–water partition coefficient (Wildman–Crippen LogP) is 2.78. The third kappa shape index (κ3) is 6.09. The minimum atomic E-state index is -4.68. The summed E-state index contributed by atoms with van der Waals surface area (Å²) in [5, 5.41) is 8.63. The highest BCUT2D eigenvalue weighted by Crippen LogP contribution is 2.24. The molecule has 0 fully saturated rings. The van der Waals surface area contributed by atoms with Crippen molar-refractivity contribution in [2.24, 2.45) is 5.73 Å². The third-order valence-electron chi connectivity index (χ3n) is 2.22. The predicted molar refractivity (Wildman–Crippen MR) is 63.6 cm³/mol. The molecule has 0 aliphatic heterocycles. The van der Waals surface area contributed by atoms with Gasteiger partial charge in [-0.1, -0.05) is 12.1 Å². The maximum absolute atomic E-state index is 11.9. The quantitative estimate of drug-likeness (QED) is 0.875. The monoisotopic (exact) mass is 285 g/mol. The van der Waals surface area contributed by atoms with Gasteiger partial charge in [0.2, 0.25) is 0 Å². The molecule has 1 aromatic carbocycles. The van der Waals surface area contributed by atoms with Crippen LogP contribution in [0.25, 0.3) is 0 Å². The van der Waals surface area contributed by atoms with E-state index < -0.39 is 6.36 Å². The lowest BCUT2D eigenvalue weighted by molar-refractivity contribution is -0.274. The van der Waals surface area contributed by atoms with Crippen molar-refractivity contribution >= 4 is 12.4 Å². The van der Waals surface area contributed by atoms with Gasteiger partial charge in [-0.2, -0.15) is 0 Å². The molecule has 18 heavy (non-hydrogen) atoms. The summed E-state index contributed by atoms with van der Waals surface area (Å²) in [6.45, 7) is 0.0446. The molecule has 3 nitrogen and oxygen atoms in total. The lowest BCUT2D eigenvalue weighted by atomic mass is 10.0. The fourth-order valence-electron chi connectivity index (χ4n) is 1.39. The molecule has 7 heteroatoms. The number of aliphatic hydroxyl groups is 1. The molecule has 0 saturated carbocycles. The van der Waals surface area contributed by atoms with E-state index in [2.05, 4.69) is 4.74 Å². The fraction of sp³-hybridized carbons (Fsp3) is 0.455. The molecule has 0 radical (unpaired) electrons. The Kier molecular flexibility index (Phi) is 7.05. The van der Waals surface area contributed by atoms with E-state index in [0.717, 1.165) is 0 Å². The normalized spacial score (nSPS) is 12.7. The zero-order valence-corrected chi connectivity index (χ0v) is 10.3. The van der Waals surface area contributed by atoms with Crippen LogP contribution in [0.4, 0.5) is 13.2 Å². The number of nitrogens with two attached hydrogens (primary N) is 1. The molecule has 1 aromatic rings. The van der Waals surface area contributed by atoms with Crippen molar-refractivity contribution in [1.82, 2.24) is 0 Å². The van der Waals surface area contributed by atoms with Crippen molar-refractivity contribution in [2.75, 3.05) is 6.61 Å². The summed E-state index contributed by atoms with van der Waals surface area (Å²) in [6.07, 6.45) is -3.54. The van der Waals surface area contributed by atoms with E-state index in [1.807, 2.05) is 0 Å². The first-order valence-corrected chi connectivity index (χ1v) is 5.14. The van der Waals surface area contributed by atoms with Crippen molar-refractivity contribution in [3.05, 3.63) is 29.8 Å². The van der Waals surface area contributed by atoms with Crippen LogP contribution in [0.1, 0.15) is 24.4 Å². The summed E-state index contributed by atoms with van der Waals surface area (Å²) in [4.78, 5) is 0. The van der Waals surface area contributed by atoms with Crippen LogP contribution >= 0.6 is 12.4 Å². The van der Waals surface area contributed by atoms with E-state index in [4.69, 9.17) is 10.8 Å². The first kappa shape index (κ1) is 17.0. The summed E-state index contributed by atoms with van der Waals surface area (Å²) in [6, 6.07) is 5.14. The van der Waals surface area contributed by atoms with E-state index in [-0.39, 0.29) is 30.8 Å². The Balaban J connectivity index is 0.00000289. The average Bonchev–Trinajstić information content (AvgIpc) is 2.24. The maximum Gasteiger partial charge on any atom is 0.573 e. The number of aliphatic hydroxyl groups excluding tert-OH is 1. The zero-order valence-electron chi connectivity index (χ0n) is 9.48. The number of ether oxygens (including phenoxy) is 1. The molecule has 0 spiro atoms. The van der Waals surface area contributed by atoms with Crippen molar-refractivity contribution < 1.29 is 23.0 Å². The molecule has 0 amide bonds. The van der Waals surface area contributed by atoms with Gasteiger partial charge < -0.3 is 15.6 Å². The van der Waals surface area contributed by atoms with Gasteiger partial charge in [-0.3, -0.25) is 0 Å². The Labute approximate surface area is 109 Å². The number of halogens is 4. The van der Waals surface area contributed by atoms with Gasteiger partial charge in [-0.05, 0) is 30.5 Å². The van der Waals surface area contributed by atoms with E-state index in [1.54, 1.807) is 0 Å². The van der Waals surface area contributed by atoms with Gasteiger partial charge in [0.25, 0.3) is 0 Å². The molecule has 1 atom stereocenters. The zero-order chi connectivity index (χ0) is 12.9. The van der Waals surface area contributed by atoms with Crippen LogP contribution in [0.3, 0.4) is 0 Å². The maximum atomic E-state index is 11.9. The topological polar surface area (TPSA) is 55.5 Å². The highest BCUT2D eigenvalue weighted by atomic mass is 35.5. The van der Waals surface area contributed by atoms with Crippen LogP contribution in [-0.4, -0.2) is 18.1 Å². The summed E-state index contributed by atoms with van der Waals surface area (Å²) in [7, 11) is 0. The molecule has 0 aromatic heterocycles. The standard InChI is InChI=1S/C11H14F3NO2.ClH/c12-11(13,14)17-9-5-3-8(4-6-9)10(15)2-1-7-16;/h3-6,10,16H,1-2,7,15H2;1H/t10-;/m0./s1. The van der Waals surface area contributed by atoms with Crippen LogP contribution in [0, 0.1) is 0 Å². The fourth-order valence-corrected chi connectivity index (χ4v) is 1.39. The Morgan fingerprint density at radius 2 is 1.78 bits per heavy atom. The smallest absolute Gasteiger partial charge is 0.406 e. The van der Waals surface area contributed by atoms with Gasteiger partial charge in [-0.15, -0.1) is 25.6 Å². The Morgan fingerprint density at radius 1 is 1.22 bits per heavy atom. The van der Waals surface area contributed by atoms with Gasteiger partial charge in [0.05, 0.1) is 0 Å². The van der Waals surface area contributed by atoms with E-state index in [1.165, 1.54) is 24.3 Å². The van der Waals surface area contributed by atoms with Gasteiger partial charge >= 0.3 is 6.36 Å². The van der Waals surface area contributed by atoms with E-state index >= 15 is 0 Å². The van der Waals surface area contributed by atoms with Crippen LogP contribution in [0.15, 0.2) is 24.3 Å². The first-order chi connectivity index (χ1) is 7.92. The SMILES string of the molecule is Cl.N[C@@H](CCCO)c1ccc(OC(F)(F)F)cc1. The molecule has 1 rings (SSSR count). The van der Waals surface area contributed by atoms with Crippen LogP contribution in [0.2, 0.25) is 0 Å². The summed E-state index contributed by atoms with van der Waals surface area (Å²) in [5.74, 6) is -0.268. The largest absolute Gasteiger partial charge is 0.573 e. The van der Waals surface area contributed by atoms with Gasteiger partial charge in [0.15, 0.2) is 0 Å². The molecular weight excluding hydrogens is 271 g/mol. The van der Waals surface area contributed by atoms with Crippen molar-refractivity contribution in [3.8, 4) is 5.75 Å². The molecule has 0 heterocycles. The number of rotatable bonds is 5. The molecule has 0 aliphatic rings. The van der Waals surface area contributed by atoms with Crippen molar-refractivity contribution in [1.29, 1.82) is 0 Å². The Hall–Kier alpha value is -0.980. The number of hydrogen-bond acceptors (Lipinski definition) is 3. The number of benzene rings is 1. The first-order valence-electron chi connectivity index (χ1n) is 5.14. The summed E-state index contributed by atoms with van der Waals surface area (Å²) in [5.41, 5.74) is 6.50. The second kappa shape index (κ2) is 7.45. The van der Waals surface area contributed by atoms with Gasteiger partial charge in [0.1, 0.15) is 5.75 Å². The lowest BCUT2D eigenvalue weighted by Crippen LogP contribution is -2.17. The van der Waals surface area contributed by atoms with Crippen molar-refractivity contribution in [3.63, 3.8) is 0 Å². The van der Waals surface area contributed by atoms with Crippen molar-refractivity contribution in [2.45, 2.75) is 25.2 Å². The number of hydrogen-bond donors (Lipinski definition) is 2. The van der Waals surface area contributed by atoms with Gasteiger partial charge in [0, 0.05) is 12.6 Å². The van der Waals surface area contributed by atoms with Crippen LogP contribution in [0.5, 0.6) is 5.75 Å². The Morgan fingerprint density at radius 3 is 2.22 bits per heavy atom. The summed E-state index contributed by atoms with van der Waals surface area (Å²) < 4.78 is 39.4. The minimum absolute atomic E-state index is 0. The highest BCUT2D eigenvalue weighted by Gasteiger charge is 2.30. The minimum Gasteiger partial charge on any atom is -0.406 e. The van der Waals surface area contributed by atoms with Crippen LogP contribution in [-0.2, 0) is 0 Å². The molecule has 104 valence electrons. The number of alkyl halides is 3.